The number of furan rings is 1. The van der Waals surface area contributed by atoms with Crippen LogP contribution in [0, 0.1) is 6.92 Å². The summed E-state index contributed by atoms with van der Waals surface area (Å²) in [7, 11) is 0. The molecule has 0 atom stereocenters. The van der Waals surface area contributed by atoms with E-state index in [4.69, 9.17) is 4.42 Å². The van der Waals surface area contributed by atoms with E-state index in [-0.39, 0.29) is 5.57 Å². The van der Waals surface area contributed by atoms with E-state index in [9.17, 15) is 14.4 Å². The van der Waals surface area contributed by atoms with Gasteiger partial charge in [-0.1, -0.05) is 47.1 Å². The molecule has 3 aromatic rings. The number of nitrogens with one attached hydrogen (secondary N) is 1. The van der Waals surface area contributed by atoms with Gasteiger partial charge in [0.05, 0.1) is 5.69 Å². The van der Waals surface area contributed by atoms with Crippen LogP contribution in [0.1, 0.15) is 23.8 Å². The first-order valence-electron chi connectivity index (χ1n) is 9.74. The van der Waals surface area contributed by atoms with Gasteiger partial charge >= 0.3 is 6.03 Å². The number of urea groups is 1. The summed E-state index contributed by atoms with van der Waals surface area (Å²) in [4.78, 5) is 39.0. The first-order chi connectivity index (χ1) is 14.9. The Morgan fingerprint density at radius 1 is 1.06 bits per heavy atom. The van der Waals surface area contributed by atoms with Crippen molar-refractivity contribution in [2.24, 2.45) is 0 Å². The van der Waals surface area contributed by atoms with Crippen molar-refractivity contribution in [1.29, 1.82) is 0 Å². The van der Waals surface area contributed by atoms with Crippen LogP contribution < -0.4 is 10.2 Å². The summed E-state index contributed by atoms with van der Waals surface area (Å²) in [6, 6.07) is 15.6. The highest BCUT2D eigenvalue weighted by atomic mass is 79.9. The molecule has 0 aliphatic carbocycles. The average Bonchev–Trinajstić information content (AvgIpc) is 3.19. The van der Waals surface area contributed by atoms with Gasteiger partial charge in [0.25, 0.3) is 11.8 Å². The van der Waals surface area contributed by atoms with Gasteiger partial charge in [0.1, 0.15) is 17.1 Å². The number of aryl methyl sites for hydroxylation is 2. The molecule has 1 aliphatic rings. The maximum Gasteiger partial charge on any atom is 0.335 e. The van der Waals surface area contributed by atoms with Gasteiger partial charge in [0, 0.05) is 10.0 Å². The number of halogens is 1. The van der Waals surface area contributed by atoms with Crippen LogP contribution in [-0.2, 0) is 16.0 Å². The van der Waals surface area contributed by atoms with Crippen molar-refractivity contribution in [1.82, 2.24) is 5.32 Å². The monoisotopic (exact) mass is 478 g/mol. The molecule has 156 valence electrons. The van der Waals surface area contributed by atoms with Crippen molar-refractivity contribution in [3.05, 3.63) is 81.5 Å². The minimum absolute atomic E-state index is 0.172. The summed E-state index contributed by atoms with van der Waals surface area (Å²) in [5.74, 6) is -0.524. The van der Waals surface area contributed by atoms with E-state index in [0.29, 0.717) is 23.6 Å². The lowest BCUT2D eigenvalue weighted by atomic mass is 10.1. The van der Waals surface area contributed by atoms with Crippen LogP contribution in [0.15, 0.2) is 69.1 Å². The molecule has 4 amide bonds. The molecular weight excluding hydrogens is 460 g/mol. The third-order valence-electron chi connectivity index (χ3n) is 5.02. The molecule has 0 radical (unpaired) electrons. The standard InChI is InChI=1S/C24H19BrN2O4/c1-3-15-6-4-5-7-20(15)27-23(29)18(22(28)26-24(27)30)13-16-9-11-21(31-16)17-10-8-14(2)12-19(17)25/h4-13H,3H2,1-2H3,(H,26,28,30)/b18-13+. The number of barbiturate groups is 1. The van der Waals surface area contributed by atoms with E-state index in [0.717, 1.165) is 26.1 Å². The Hall–Kier alpha value is -3.45. The number of carbonyl (C=O) groups excluding carboxylic acids is 3. The number of amides is 4. The Kier molecular flexibility index (Phi) is 5.61. The lowest BCUT2D eigenvalue weighted by Crippen LogP contribution is -2.54. The maximum absolute atomic E-state index is 13.1. The molecule has 0 bridgehead atoms. The van der Waals surface area contributed by atoms with Crippen molar-refractivity contribution in [3.63, 3.8) is 0 Å². The molecule has 0 saturated carbocycles. The maximum atomic E-state index is 13.1. The molecule has 1 N–H and O–H groups in total. The van der Waals surface area contributed by atoms with Gasteiger partial charge in [-0.25, -0.2) is 9.69 Å². The number of imide groups is 2. The molecule has 1 saturated heterocycles. The molecule has 6 nitrogen and oxygen atoms in total. The second kappa shape index (κ2) is 8.35. The smallest absolute Gasteiger partial charge is 0.335 e. The zero-order valence-corrected chi connectivity index (χ0v) is 18.5. The third-order valence-corrected chi connectivity index (χ3v) is 5.67. The van der Waals surface area contributed by atoms with Crippen molar-refractivity contribution in [3.8, 4) is 11.3 Å². The molecule has 1 aromatic heterocycles. The fourth-order valence-corrected chi connectivity index (χ4v) is 4.13. The average molecular weight is 479 g/mol. The summed E-state index contributed by atoms with van der Waals surface area (Å²) in [5.41, 5.74) is 3.06. The number of anilines is 1. The van der Waals surface area contributed by atoms with Gasteiger partial charge in [0.2, 0.25) is 0 Å². The number of nitrogens with zero attached hydrogens (tertiary/aromatic N) is 1. The van der Waals surface area contributed by atoms with Gasteiger partial charge in [-0.15, -0.1) is 0 Å². The van der Waals surface area contributed by atoms with Crippen molar-refractivity contribution in [2.45, 2.75) is 20.3 Å². The number of carbonyl (C=O) groups is 3. The van der Waals surface area contributed by atoms with E-state index < -0.39 is 17.8 Å². The Morgan fingerprint density at radius 2 is 1.84 bits per heavy atom. The highest BCUT2D eigenvalue weighted by Gasteiger charge is 2.37. The zero-order valence-electron chi connectivity index (χ0n) is 16.9. The third kappa shape index (κ3) is 3.96. The molecule has 7 heteroatoms. The van der Waals surface area contributed by atoms with Crippen LogP contribution in [0.4, 0.5) is 10.5 Å². The molecule has 1 aliphatic heterocycles. The zero-order chi connectivity index (χ0) is 22.1. The number of hydrogen-bond acceptors (Lipinski definition) is 4. The van der Waals surface area contributed by atoms with E-state index in [1.165, 1.54) is 6.08 Å². The second-order valence-corrected chi connectivity index (χ2v) is 7.98. The van der Waals surface area contributed by atoms with Crippen molar-refractivity contribution in [2.75, 3.05) is 4.90 Å². The summed E-state index contributed by atoms with van der Waals surface area (Å²) in [6.45, 7) is 3.92. The molecule has 2 aromatic carbocycles. The topological polar surface area (TPSA) is 79.6 Å². The van der Waals surface area contributed by atoms with Crippen molar-refractivity contribution < 1.29 is 18.8 Å². The number of hydrogen-bond donors (Lipinski definition) is 1. The summed E-state index contributed by atoms with van der Waals surface area (Å²) < 4.78 is 6.74. The first kappa shape index (κ1) is 20.8. The Balaban J connectivity index is 1.70. The second-order valence-electron chi connectivity index (χ2n) is 7.13. The highest BCUT2D eigenvalue weighted by Crippen LogP contribution is 2.32. The van der Waals surface area contributed by atoms with Crippen LogP contribution in [-0.4, -0.2) is 17.8 Å². The largest absolute Gasteiger partial charge is 0.457 e. The van der Waals surface area contributed by atoms with E-state index in [2.05, 4.69) is 21.2 Å². The summed E-state index contributed by atoms with van der Waals surface area (Å²) >= 11 is 3.53. The van der Waals surface area contributed by atoms with Crippen LogP contribution in [0.5, 0.6) is 0 Å². The van der Waals surface area contributed by atoms with Gasteiger partial charge in [-0.3, -0.25) is 14.9 Å². The summed E-state index contributed by atoms with van der Waals surface area (Å²) in [5, 5.41) is 2.24. The van der Waals surface area contributed by atoms with Crippen LogP contribution in [0.2, 0.25) is 0 Å². The van der Waals surface area contributed by atoms with Gasteiger partial charge in [0.15, 0.2) is 0 Å². The molecule has 2 heterocycles. The molecule has 4 rings (SSSR count). The SMILES string of the molecule is CCc1ccccc1N1C(=O)NC(=O)/C(=C\c2ccc(-c3ccc(C)cc3Br)o2)C1=O. The van der Waals surface area contributed by atoms with Gasteiger partial charge in [-0.05, 0) is 60.9 Å². The number of benzene rings is 2. The lowest BCUT2D eigenvalue weighted by molar-refractivity contribution is -0.122. The summed E-state index contributed by atoms with van der Waals surface area (Å²) in [6.07, 6.45) is 1.99. The fourth-order valence-electron chi connectivity index (χ4n) is 3.44. The van der Waals surface area contributed by atoms with Crippen LogP contribution in [0.25, 0.3) is 17.4 Å². The normalized spacial score (nSPS) is 15.5. The molecule has 1 fully saturated rings. The number of para-hydroxylation sites is 1. The Labute approximate surface area is 187 Å². The Morgan fingerprint density at radius 3 is 2.58 bits per heavy atom. The molecule has 31 heavy (non-hydrogen) atoms. The van der Waals surface area contributed by atoms with E-state index in [1.807, 2.05) is 44.2 Å². The minimum atomic E-state index is -0.767. The minimum Gasteiger partial charge on any atom is -0.457 e. The predicted molar refractivity (Wildman–Crippen MR) is 121 cm³/mol. The molecule has 0 unspecified atom stereocenters. The van der Waals surface area contributed by atoms with E-state index >= 15 is 0 Å². The van der Waals surface area contributed by atoms with Crippen molar-refractivity contribution >= 4 is 45.5 Å². The molecule has 0 spiro atoms. The Bertz CT molecular complexity index is 1240. The first-order valence-corrected chi connectivity index (χ1v) is 10.5. The number of rotatable bonds is 4. The molecular formula is C24H19BrN2O4. The van der Waals surface area contributed by atoms with E-state index in [1.54, 1.807) is 24.3 Å². The van der Waals surface area contributed by atoms with Crippen LogP contribution in [0.3, 0.4) is 0 Å². The quantitative estimate of drug-likeness (QED) is 0.410. The lowest BCUT2D eigenvalue weighted by Gasteiger charge is -2.27. The predicted octanol–water partition coefficient (Wildman–Crippen LogP) is 5.25. The fraction of sp³-hybridized carbons (Fsp3) is 0.125. The highest BCUT2D eigenvalue weighted by molar-refractivity contribution is 9.10. The van der Waals surface area contributed by atoms with Crippen LogP contribution >= 0.6 is 15.9 Å². The van der Waals surface area contributed by atoms with Gasteiger partial charge < -0.3 is 4.42 Å². The van der Waals surface area contributed by atoms with Gasteiger partial charge in [-0.2, -0.15) is 0 Å².